The van der Waals surface area contributed by atoms with E-state index in [1.54, 1.807) is 61.5 Å². The topological polar surface area (TPSA) is 104 Å². The van der Waals surface area contributed by atoms with Crippen LogP contribution in [0.1, 0.15) is 29.2 Å². The number of sulfonamides is 1. The van der Waals surface area contributed by atoms with Crippen LogP contribution in [0.15, 0.2) is 71.6 Å². The fourth-order valence-electron chi connectivity index (χ4n) is 3.62. The van der Waals surface area contributed by atoms with Crippen molar-refractivity contribution in [2.24, 2.45) is 0 Å². The van der Waals surface area contributed by atoms with Crippen molar-refractivity contribution in [2.45, 2.75) is 30.7 Å². The Hall–Kier alpha value is -3.20. The first-order valence-corrected chi connectivity index (χ1v) is 12.2. The smallest absolute Gasteiger partial charge is 0.247 e. The second-order valence-corrected chi connectivity index (χ2v) is 9.85. The maximum atomic E-state index is 13.2. The molecule has 0 aromatic heterocycles. The highest BCUT2D eigenvalue weighted by atomic mass is 35.5. The lowest BCUT2D eigenvalue weighted by atomic mass is 10.0. The second kappa shape index (κ2) is 9.35. The third-order valence-corrected chi connectivity index (χ3v) is 7.31. The van der Waals surface area contributed by atoms with Crippen LogP contribution in [0.25, 0.3) is 0 Å². The molecule has 0 radical (unpaired) electrons. The van der Waals surface area contributed by atoms with Crippen molar-refractivity contribution in [3.05, 3.63) is 88.4 Å². The van der Waals surface area contributed by atoms with Crippen LogP contribution in [0.3, 0.4) is 0 Å². The van der Waals surface area contributed by atoms with Crippen molar-refractivity contribution in [2.75, 3.05) is 10.6 Å². The first-order chi connectivity index (χ1) is 15.7. The first-order valence-electron chi connectivity index (χ1n) is 10.3. The maximum Gasteiger partial charge on any atom is 0.247 e. The van der Waals surface area contributed by atoms with Gasteiger partial charge in [-0.15, -0.1) is 0 Å². The highest BCUT2D eigenvalue weighted by Crippen LogP contribution is 2.28. The standard InChI is InChI=1S/C24H22ClN3O4S/c1-15-19(25)8-5-9-20(15)27-24(30)23(16-6-3-2-4-7-16)28-33(31,32)18-11-12-21-17(14-18)10-13-22(29)26-21/h2-9,11-12,14,23,28H,10,13H2,1H3,(H,26,29)(H,27,30)/t23-/m1/s1. The minimum absolute atomic E-state index is 0.0186. The number of rotatable bonds is 6. The zero-order chi connectivity index (χ0) is 23.6. The molecule has 2 amide bonds. The molecule has 1 aliphatic rings. The molecule has 0 saturated heterocycles. The van der Waals surface area contributed by atoms with Crippen LogP contribution in [0.5, 0.6) is 0 Å². The summed E-state index contributed by atoms with van der Waals surface area (Å²) in [7, 11) is -4.06. The molecule has 1 atom stereocenters. The van der Waals surface area contributed by atoms with Crippen LogP contribution >= 0.6 is 11.6 Å². The van der Waals surface area contributed by atoms with E-state index in [0.29, 0.717) is 33.9 Å². The van der Waals surface area contributed by atoms with Gasteiger partial charge in [0.25, 0.3) is 0 Å². The number of benzene rings is 3. The summed E-state index contributed by atoms with van der Waals surface area (Å²) < 4.78 is 29.0. The van der Waals surface area contributed by atoms with Crippen LogP contribution in [0.2, 0.25) is 5.02 Å². The molecule has 3 aromatic rings. The van der Waals surface area contributed by atoms with E-state index in [0.717, 1.165) is 5.56 Å². The number of halogens is 1. The predicted octanol–water partition coefficient (Wildman–Crippen LogP) is 4.19. The van der Waals surface area contributed by atoms with E-state index in [-0.39, 0.29) is 17.2 Å². The van der Waals surface area contributed by atoms with Crippen molar-refractivity contribution < 1.29 is 18.0 Å². The molecule has 7 nitrogen and oxygen atoms in total. The molecular formula is C24H22ClN3O4S. The third-order valence-electron chi connectivity index (χ3n) is 5.48. The van der Waals surface area contributed by atoms with E-state index < -0.39 is 22.0 Å². The zero-order valence-corrected chi connectivity index (χ0v) is 19.3. The summed E-state index contributed by atoms with van der Waals surface area (Å²) in [6.45, 7) is 1.77. The number of amides is 2. The first kappa shape index (κ1) is 23.0. The highest BCUT2D eigenvalue weighted by Gasteiger charge is 2.28. The summed E-state index contributed by atoms with van der Waals surface area (Å²) in [5.74, 6) is -0.645. The largest absolute Gasteiger partial charge is 0.326 e. The van der Waals surface area contributed by atoms with Crippen molar-refractivity contribution in [1.82, 2.24) is 4.72 Å². The molecule has 3 N–H and O–H groups in total. The molecular weight excluding hydrogens is 462 g/mol. The van der Waals surface area contributed by atoms with E-state index in [4.69, 9.17) is 11.6 Å². The summed E-state index contributed by atoms with van der Waals surface area (Å²) in [6.07, 6.45) is 0.735. The second-order valence-electron chi connectivity index (χ2n) is 7.73. The monoisotopic (exact) mass is 483 g/mol. The maximum absolute atomic E-state index is 13.2. The van der Waals surface area contributed by atoms with Gasteiger partial charge in [0, 0.05) is 22.8 Å². The summed E-state index contributed by atoms with van der Waals surface area (Å²) in [6, 6.07) is 17.1. The van der Waals surface area contributed by atoms with Crippen LogP contribution in [-0.4, -0.2) is 20.2 Å². The molecule has 0 spiro atoms. The van der Waals surface area contributed by atoms with Gasteiger partial charge in [-0.3, -0.25) is 9.59 Å². The van der Waals surface area contributed by atoms with Crippen LogP contribution in [-0.2, 0) is 26.0 Å². The number of fused-ring (bicyclic) bond motifs is 1. The molecule has 1 heterocycles. The van der Waals surface area contributed by atoms with Gasteiger partial charge in [-0.25, -0.2) is 8.42 Å². The van der Waals surface area contributed by atoms with Gasteiger partial charge >= 0.3 is 0 Å². The SMILES string of the molecule is Cc1c(Cl)cccc1NC(=O)[C@H](NS(=O)(=O)c1ccc2c(c1)CCC(=O)N2)c1ccccc1. The van der Waals surface area contributed by atoms with Crippen molar-refractivity contribution >= 4 is 44.8 Å². The minimum atomic E-state index is -4.06. The Labute approximate surface area is 197 Å². The van der Waals surface area contributed by atoms with Gasteiger partial charge in [0.1, 0.15) is 6.04 Å². The molecule has 0 unspecified atom stereocenters. The normalized spacial score (nSPS) is 14.2. The lowest BCUT2D eigenvalue weighted by molar-refractivity contribution is -0.118. The number of carbonyl (C=O) groups is 2. The quantitative estimate of drug-likeness (QED) is 0.489. The molecule has 0 bridgehead atoms. The molecule has 0 aliphatic carbocycles. The number of hydrogen-bond donors (Lipinski definition) is 3. The molecule has 33 heavy (non-hydrogen) atoms. The molecule has 0 saturated carbocycles. The Morgan fingerprint density at radius 3 is 2.55 bits per heavy atom. The lowest BCUT2D eigenvalue weighted by Gasteiger charge is -2.21. The molecule has 9 heteroatoms. The lowest BCUT2D eigenvalue weighted by Crippen LogP contribution is -2.37. The molecule has 4 rings (SSSR count). The summed E-state index contributed by atoms with van der Waals surface area (Å²) in [5.41, 5.74) is 2.99. The Balaban J connectivity index is 1.65. The van der Waals surface area contributed by atoms with Gasteiger partial charge in [-0.05, 0) is 60.4 Å². The Bertz CT molecular complexity index is 1330. The summed E-state index contributed by atoms with van der Waals surface area (Å²) in [5, 5.41) is 6.00. The molecule has 0 fully saturated rings. The average Bonchev–Trinajstić information content (AvgIpc) is 2.80. The van der Waals surface area contributed by atoms with Gasteiger partial charge in [0.15, 0.2) is 0 Å². The third kappa shape index (κ3) is 5.08. The number of hydrogen-bond acceptors (Lipinski definition) is 4. The Kier molecular flexibility index (Phi) is 6.51. The predicted molar refractivity (Wildman–Crippen MR) is 128 cm³/mol. The Morgan fingerprint density at radius 1 is 1.03 bits per heavy atom. The van der Waals surface area contributed by atoms with Crippen molar-refractivity contribution in [1.29, 1.82) is 0 Å². The highest BCUT2D eigenvalue weighted by molar-refractivity contribution is 7.89. The van der Waals surface area contributed by atoms with E-state index in [2.05, 4.69) is 15.4 Å². The van der Waals surface area contributed by atoms with Crippen LogP contribution in [0.4, 0.5) is 11.4 Å². The minimum Gasteiger partial charge on any atom is -0.326 e. The number of aryl methyl sites for hydroxylation is 1. The Morgan fingerprint density at radius 2 is 1.79 bits per heavy atom. The van der Waals surface area contributed by atoms with Crippen LogP contribution < -0.4 is 15.4 Å². The van der Waals surface area contributed by atoms with Crippen LogP contribution in [0, 0.1) is 6.92 Å². The average molecular weight is 484 g/mol. The van der Waals surface area contributed by atoms with E-state index in [1.807, 2.05) is 0 Å². The number of anilines is 2. The fourth-order valence-corrected chi connectivity index (χ4v) is 5.02. The van der Waals surface area contributed by atoms with Gasteiger partial charge in [-0.2, -0.15) is 4.72 Å². The number of carbonyl (C=O) groups excluding carboxylic acids is 2. The van der Waals surface area contributed by atoms with E-state index >= 15 is 0 Å². The fraction of sp³-hybridized carbons (Fsp3) is 0.167. The van der Waals surface area contributed by atoms with Crippen molar-refractivity contribution in [3.8, 4) is 0 Å². The van der Waals surface area contributed by atoms with Gasteiger partial charge in [-0.1, -0.05) is 48.0 Å². The van der Waals surface area contributed by atoms with Gasteiger partial charge in [0.2, 0.25) is 21.8 Å². The molecule has 3 aromatic carbocycles. The zero-order valence-electron chi connectivity index (χ0n) is 17.8. The van der Waals surface area contributed by atoms with Gasteiger partial charge in [0.05, 0.1) is 4.90 Å². The summed E-state index contributed by atoms with van der Waals surface area (Å²) >= 11 is 6.16. The molecule has 170 valence electrons. The van der Waals surface area contributed by atoms with Gasteiger partial charge < -0.3 is 10.6 Å². The molecule has 1 aliphatic heterocycles. The van der Waals surface area contributed by atoms with Crippen molar-refractivity contribution in [3.63, 3.8) is 0 Å². The van der Waals surface area contributed by atoms with E-state index in [9.17, 15) is 18.0 Å². The summed E-state index contributed by atoms with van der Waals surface area (Å²) in [4.78, 5) is 24.8. The van der Waals surface area contributed by atoms with E-state index in [1.165, 1.54) is 12.1 Å². The number of nitrogens with one attached hydrogen (secondary N) is 3.